The van der Waals surface area contributed by atoms with Crippen molar-refractivity contribution in [2.24, 2.45) is 5.92 Å². The molecule has 2 aliphatic rings. The number of hydrogen-bond acceptors (Lipinski definition) is 4. The molecule has 2 aromatic rings. The van der Waals surface area contributed by atoms with Crippen LogP contribution in [0.1, 0.15) is 35.0 Å². The molecule has 24 heavy (non-hydrogen) atoms. The van der Waals surface area contributed by atoms with Crippen molar-refractivity contribution in [2.75, 3.05) is 13.2 Å². The van der Waals surface area contributed by atoms with Crippen molar-refractivity contribution in [3.8, 4) is 0 Å². The Kier molecular flexibility index (Phi) is 3.65. The number of amides is 1. The fourth-order valence-corrected chi connectivity index (χ4v) is 4.49. The molecular weight excluding hydrogens is 328 g/mol. The first kappa shape index (κ1) is 15.7. The topological polar surface area (TPSA) is 88.3 Å². The van der Waals surface area contributed by atoms with Crippen LogP contribution in [0.25, 0.3) is 10.9 Å². The van der Waals surface area contributed by atoms with Crippen LogP contribution in [-0.4, -0.2) is 37.8 Å². The van der Waals surface area contributed by atoms with Crippen LogP contribution in [0.5, 0.6) is 0 Å². The number of sulfonamides is 1. The molecule has 1 aliphatic heterocycles. The molecule has 1 saturated heterocycles. The molecule has 128 valence electrons. The molecule has 7 heteroatoms. The van der Waals surface area contributed by atoms with Gasteiger partial charge in [-0.2, -0.15) is 0 Å². The molecule has 0 radical (unpaired) electrons. The summed E-state index contributed by atoms with van der Waals surface area (Å²) >= 11 is 0. The van der Waals surface area contributed by atoms with E-state index in [-0.39, 0.29) is 13.2 Å². The van der Waals surface area contributed by atoms with Crippen LogP contribution in [-0.2, 0) is 27.6 Å². The molecule has 1 amide bonds. The quantitative estimate of drug-likeness (QED) is 0.884. The van der Waals surface area contributed by atoms with Crippen molar-refractivity contribution < 1.29 is 17.9 Å². The monoisotopic (exact) mass is 348 g/mol. The number of hydrogen-bond donors (Lipinski definition) is 2. The zero-order valence-corrected chi connectivity index (χ0v) is 14.3. The minimum atomic E-state index is -3.67. The van der Waals surface area contributed by atoms with E-state index in [1.165, 1.54) is 11.3 Å². The van der Waals surface area contributed by atoms with Crippen LogP contribution in [0.3, 0.4) is 0 Å². The SMILES string of the molecule is CC1CCc2[nH]c3ccc(C(=O)NS(=O)(=O)C4COC4)cc3c2C1. The molecule has 2 N–H and O–H groups in total. The van der Waals surface area contributed by atoms with Crippen LogP contribution in [0.2, 0.25) is 0 Å². The maximum atomic E-state index is 12.4. The summed E-state index contributed by atoms with van der Waals surface area (Å²) in [6.45, 7) is 2.52. The van der Waals surface area contributed by atoms with Crippen LogP contribution >= 0.6 is 0 Å². The van der Waals surface area contributed by atoms with Gasteiger partial charge in [0.15, 0.2) is 0 Å². The molecule has 6 nitrogen and oxygen atoms in total. The molecule has 1 atom stereocenters. The number of carbonyl (C=O) groups is 1. The largest absolute Gasteiger partial charge is 0.378 e. The summed E-state index contributed by atoms with van der Waals surface area (Å²) in [6.07, 6.45) is 3.16. The van der Waals surface area contributed by atoms with E-state index in [1.807, 2.05) is 6.07 Å². The minimum Gasteiger partial charge on any atom is -0.378 e. The highest BCUT2D eigenvalue weighted by Gasteiger charge is 2.34. The average Bonchev–Trinajstić information content (AvgIpc) is 2.81. The lowest BCUT2D eigenvalue weighted by molar-refractivity contribution is 0.0411. The lowest BCUT2D eigenvalue weighted by Crippen LogP contribution is -2.48. The lowest BCUT2D eigenvalue weighted by atomic mass is 9.87. The summed E-state index contributed by atoms with van der Waals surface area (Å²) in [7, 11) is -3.67. The van der Waals surface area contributed by atoms with E-state index < -0.39 is 21.2 Å². The number of aryl methyl sites for hydroxylation is 1. The average molecular weight is 348 g/mol. The first-order chi connectivity index (χ1) is 11.4. The van der Waals surface area contributed by atoms with Crippen molar-refractivity contribution >= 4 is 26.8 Å². The van der Waals surface area contributed by atoms with E-state index in [0.717, 1.165) is 30.2 Å². The third-order valence-corrected chi connectivity index (χ3v) is 6.60. The molecule has 1 aromatic carbocycles. The van der Waals surface area contributed by atoms with Gasteiger partial charge in [-0.05, 0) is 48.9 Å². The normalized spacial score (nSPS) is 21.3. The predicted molar refractivity (Wildman–Crippen MR) is 90.5 cm³/mol. The first-order valence-corrected chi connectivity index (χ1v) is 9.76. The molecule has 1 unspecified atom stereocenters. The van der Waals surface area contributed by atoms with E-state index in [4.69, 9.17) is 4.74 Å². The van der Waals surface area contributed by atoms with Crippen molar-refractivity contribution in [3.63, 3.8) is 0 Å². The fraction of sp³-hybridized carbons (Fsp3) is 0.471. The maximum Gasteiger partial charge on any atom is 0.264 e. The van der Waals surface area contributed by atoms with Crippen LogP contribution in [0, 0.1) is 5.92 Å². The fourth-order valence-electron chi connectivity index (χ4n) is 3.40. The molecule has 4 rings (SSSR count). The third kappa shape index (κ3) is 2.61. The van der Waals surface area contributed by atoms with Gasteiger partial charge in [-0.25, -0.2) is 13.1 Å². The standard InChI is InChI=1S/C17H20N2O4S/c1-10-2-4-15-13(6-10)14-7-11(3-5-16(14)18-15)17(20)19-24(21,22)12-8-23-9-12/h3,5,7,10,12,18H,2,4,6,8-9H2,1H3,(H,19,20). The number of fused-ring (bicyclic) bond motifs is 3. The van der Waals surface area contributed by atoms with Gasteiger partial charge in [0.25, 0.3) is 5.91 Å². The third-order valence-electron chi connectivity index (χ3n) is 4.98. The van der Waals surface area contributed by atoms with Gasteiger partial charge < -0.3 is 9.72 Å². The van der Waals surface area contributed by atoms with Gasteiger partial charge in [0.1, 0.15) is 5.25 Å². The summed E-state index contributed by atoms with van der Waals surface area (Å²) < 4.78 is 31.2. The number of ether oxygens (including phenoxy) is 1. The second-order valence-corrected chi connectivity index (χ2v) is 8.79. The van der Waals surface area contributed by atoms with Gasteiger partial charge in [0.05, 0.1) is 13.2 Å². The first-order valence-electron chi connectivity index (χ1n) is 8.21. The highest BCUT2D eigenvalue weighted by molar-refractivity contribution is 7.90. The highest BCUT2D eigenvalue weighted by atomic mass is 32.2. The Hall–Kier alpha value is -1.86. The number of aromatic nitrogens is 1. The zero-order valence-electron chi connectivity index (χ0n) is 13.5. The zero-order chi connectivity index (χ0) is 16.9. The van der Waals surface area contributed by atoms with Crippen LogP contribution in [0.4, 0.5) is 0 Å². The van der Waals surface area contributed by atoms with E-state index in [0.29, 0.717) is 11.5 Å². The lowest BCUT2D eigenvalue weighted by Gasteiger charge is -2.25. The molecule has 2 heterocycles. The Morgan fingerprint density at radius 1 is 1.33 bits per heavy atom. The van der Waals surface area contributed by atoms with E-state index in [9.17, 15) is 13.2 Å². The molecule has 0 saturated carbocycles. The van der Waals surface area contributed by atoms with Gasteiger partial charge in [-0.3, -0.25) is 4.79 Å². The second kappa shape index (κ2) is 5.60. The van der Waals surface area contributed by atoms with Crippen molar-refractivity contribution in [1.29, 1.82) is 0 Å². The summed E-state index contributed by atoms with van der Waals surface area (Å²) in [4.78, 5) is 15.8. The maximum absolute atomic E-state index is 12.4. The van der Waals surface area contributed by atoms with Crippen molar-refractivity contribution in [3.05, 3.63) is 35.0 Å². The summed E-state index contributed by atoms with van der Waals surface area (Å²) in [6, 6.07) is 5.31. The van der Waals surface area contributed by atoms with Gasteiger partial charge in [-0.15, -0.1) is 0 Å². The molecule has 0 spiro atoms. The Morgan fingerprint density at radius 2 is 2.12 bits per heavy atom. The van der Waals surface area contributed by atoms with Gasteiger partial charge in [-0.1, -0.05) is 6.92 Å². The minimum absolute atomic E-state index is 0.144. The second-order valence-electron chi connectivity index (χ2n) is 6.83. The summed E-state index contributed by atoms with van der Waals surface area (Å²) in [5.41, 5.74) is 3.86. The molecule has 1 aliphatic carbocycles. The summed E-state index contributed by atoms with van der Waals surface area (Å²) in [5, 5.41) is 0.389. The van der Waals surface area contributed by atoms with E-state index in [1.54, 1.807) is 12.1 Å². The van der Waals surface area contributed by atoms with Crippen LogP contribution in [0.15, 0.2) is 18.2 Å². The number of nitrogens with one attached hydrogen (secondary N) is 2. The highest BCUT2D eigenvalue weighted by Crippen LogP contribution is 2.32. The van der Waals surface area contributed by atoms with Crippen LogP contribution < -0.4 is 4.72 Å². The smallest absolute Gasteiger partial charge is 0.264 e. The Bertz CT molecular complexity index is 912. The van der Waals surface area contributed by atoms with Gasteiger partial charge in [0.2, 0.25) is 10.0 Å². The Labute approximate surface area is 140 Å². The number of H-pyrrole nitrogens is 1. The number of aromatic amines is 1. The molecule has 0 bridgehead atoms. The van der Waals surface area contributed by atoms with Crippen molar-refractivity contribution in [2.45, 2.75) is 31.4 Å². The predicted octanol–water partition coefficient (Wildman–Crippen LogP) is 1.75. The summed E-state index contributed by atoms with van der Waals surface area (Å²) in [5.74, 6) is 0.0376. The number of rotatable bonds is 3. The Morgan fingerprint density at radius 3 is 2.83 bits per heavy atom. The van der Waals surface area contributed by atoms with Gasteiger partial charge in [0, 0.05) is 22.2 Å². The molecule has 1 fully saturated rings. The number of carbonyl (C=O) groups excluding carboxylic acids is 1. The molecular formula is C17H20N2O4S. The number of benzene rings is 1. The molecule has 1 aromatic heterocycles. The van der Waals surface area contributed by atoms with E-state index in [2.05, 4.69) is 16.6 Å². The van der Waals surface area contributed by atoms with Gasteiger partial charge >= 0.3 is 0 Å². The van der Waals surface area contributed by atoms with Crippen molar-refractivity contribution in [1.82, 2.24) is 9.71 Å². The Balaban J connectivity index is 1.65. The van der Waals surface area contributed by atoms with E-state index >= 15 is 0 Å².